The molecule has 4 heterocycles. The Hall–Kier alpha value is -8.34. The lowest BCUT2D eigenvalue weighted by Crippen LogP contribution is -2.12. The Bertz CT molecular complexity index is 3510. The lowest BCUT2D eigenvalue weighted by Gasteiger charge is -2.29. The molecular formula is C60H42N4. The first-order valence-electron chi connectivity index (χ1n) is 21.9. The van der Waals surface area contributed by atoms with Gasteiger partial charge in [-0.05, 0) is 130 Å². The minimum atomic E-state index is 0.922. The third kappa shape index (κ3) is 6.14. The molecule has 2 aliphatic rings. The second-order valence-electron chi connectivity index (χ2n) is 16.5. The van der Waals surface area contributed by atoms with Crippen molar-refractivity contribution in [3.63, 3.8) is 0 Å². The summed E-state index contributed by atoms with van der Waals surface area (Å²) in [5.74, 6) is 0. The van der Waals surface area contributed by atoms with Crippen molar-refractivity contribution in [2.75, 3.05) is 9.80 Å². The van der Waals surface area contributed by atoms with Gasteiger partial charge in [-0.1, -0.05) is 152 Å². The molecule has 8 aromatic carbocycles. The zero-order valence-electron chi connectivity index (χ0n) is 35.6. The van der Waals surface area contributed by atoms with Crippen molar-refractivity contribution in [1.82, 2.24) is 9.97 Å². The van der Waals surface area contributed by atoms with E-state index < -0.39 is 0 Å². The highest BCUT2D eigenvalue weighted by Gasteiger charge is 2.26. The number of allylic oxidation sites excluding steroid dienone is 1. The van der Waals surface area contributed by atoms with Crippen LogP contribution in [0.4, 0.5) is 34.1 Å². The van der Waals surface area contributed by atoms with Crippen LogP contribution in [0.2, 0.25) is 0 Å². The van der Waals surface area contributed by atoms with Crippen LogP contribution in [0.15, 0.2) is 188 Å². The van der Waals surface area contributed by atoms with Crippen LogP contribution >= 0.6 is 0 Å². The molecule has 12 rings (SSSR count). The Morgan fingerprint density at radius 1 is 0.406 bits per heavy atom. The monoisotopic (exact) mass is 818 g/mol. The number of pyridine rings is 2. The second-order valence-corrected chi connectivity index (χ2v) is 16.5. The molecule has 4 heteroatoms. The molecule has 0 bridgehead atoms. The number of aryl methyl sites for hydroxylation is 1. The van der Waals surface area contributed by atoms with Crippen LogP contribution in [0.25, 0.3) is 85.3 Å². The van der Waals surface area contributed by atoms with Gasteiger partial charge >= 0.3 is 0 Å². The summed E-state index contributed by atoms with van der Waals surface area (Å²) in [4.78, 5) is 15.7. The van der Waals surface area contributed by atoms with Gasteiger partial charge in [0.15, 0.2) is 0 Å². The van der Waals surface area contributed by atoms with Gasteiger partial charge in [-0.2, -0.15) is 0 Å². The molecule has 2 aromatic heterocycles. The largest absolute Gasteiger partial charge is 0.309 e. The zero-order chi connectivity index (χ0) is 42.7. The molecule has 0 aliphatic carbocycles. The van der Waals surface area contributed by atoms with Crippen molar-refractivity contribution in [1.29, 1.82) is 0 Å². The molecule has 0 saturated carbocycles. The van der Waals surface area contributed by atoms with E-state index >= 15 is 0 Å². The van der Waals surface area contributed by atoms with Crippen molar-refractivity contribution in [2.24, 2.45) is 0 Å². The lowest BCUT2D eigenvalue weighted by atomic mass is 9.87. The van der Waals surface area contributed by atoms with E-state index in [0.29, 0.717) is 0 Å². The highest BCUT2D eigenvalue weighted by molar-refractivity contribution is 6.22. The minimum Gasteiger partial charge on any atom is -0.309 e. The van der Waals surface area contributed by atoms with Crippen molar-refractivity contribution < 1.29 is 0 Å². The van der Waals surface area contributed by atoms with Crippen molar-refractivity contribution in [3.05, 3.63) is 222 Å². The van der Waals surface area contributed by atoms with Crippen molar-refractivity contribution in [2.45, 2.75) is 13.8 Å². The second kappa shape index (κ2) is 15.2. The van der Waals surface area contributed by atoms with Crippen LogP contribution in [0, 0.1) is 6.92 Å². The maximum Gasteiger partial charge on any atom is 0.0722 e. The Morgan fingerprint density at radius 3 is 1.33 bits per heavy atom. The first-order valence-corrected chi connectivity index (χ1v) is 21.9. The summed E-state index contributed by atoms with van der Waals surface area (Å²) in [5, 5.41) is 5.54. The summed E-state index contributed by atoms with van der Waals surface area (Å²) >= 11 is 0. The maximum atomic E-state index is 5.44. The predicted molar refractivity (Wildman–Crippen MR) is 272 cm³/mol. The Balaban J connectivity index is 1.20. The number of para-hydroxylation sites is 5. The fraction of sp³-hybridized carbons (Fsp3) is 0.0333. The van der Waals surface area contributed by atoms with Gasteiger partial charge in [0, 0.05) is 33.6 Å². The van der Waals surface area contributed by atoms with Crippen LogP contribution < -0.4 is 9.80 Å². The number of rotatable bonds is 5. The summed E-state index contributed by atoms with van der Waals surface area (Å²) in [6.45, 7) is 4.17. The summed E-state index contributed by atoms with van der Waals surface area (Å²) in [5.41, 5.74) is 18.4. The maximum absolute atomic E-state index is 5.44. The minimum absolute atomic E-state index is 0.922. The van der Waals surface area contributed by atoms with Crippen molar-refractivity contribution in [3.8, 4) is 22.5 Å². The number of hydrogen-bond donors (Lipinski definition) is 0. The standard InChI is InChI=1S/C60H42N4/c1-3-14-40-29-35-53(61-39(40)2)59-48-33-31-47(64-57-23-12-7-18-44(57)27-28-45-19-8-13-24-58(45)64)38-51(48)60(54-36-30-41-15-4-9-20-52(41)62-54)49-34-32-46(37-50(49)59)63-55-21-10-5-16-42(55)25-26-43-17-6-11-22-56(43)63/h3-38H,1-2H3/b14-3-. The number of nitrogens with zero attached hydrogens (tertiary/aromatic N) is 4. The number of anilines is 6. The molecule has 0 spiro atoms. The molecule has 0 radical (unpaired) electrons. The summed E-state index contributed by atoms with van der Waals surface area (Å²) in [6, 6.07) is 65.8. The van der Waals surface area contributed by atoms with Crippen LogP contribution in [-0.4, -0.2) is 9.97 Å². The first kappa shape index (κ1) is 37.4. The van der Waals surface area contributed by atoms with Crippen LogP contribution in [0.3, 0.4) is 0 Å². The fourth-order valence-electron chi connectivity index (χ4n) is 9.81. The molecule has 0 saturated heterocycles. The van der Waals surface area contributed by atoms with Gasteiger partial charge < -0.3 is 9.80 Å². The number of hydrogen-bond acceptors (Lipinski definition) is 4. The third-order valence-corrected chi connectivity index (χ3v) is 12.8. The highest BCUT2D eigenvalue weighted by Crippen LogP contribution is 2.50. The molecular weight excluding hydrogens is 777 g/mol. The smallest absolute Gasteiger partial charge is 0.0722 e. The Morgan fingerprint density at radius 2 is 0.844 bits per heavy atom. The Kier molecular flexibility index (Phi) is 8.91. The molecule has 4 nitrogen and oxygen atoms in total. The third-order valence-electron chi connectivity index (χ3n) is 12.8. The van der Waals surface area contributed by atoms with E-state index in [2.05, 4.69) is 242 Å². The van der Waals surface area contributed by atoms with Crippen molar-refractivity contribution >= 4 is 97.0 Å². The Labute approximate surface area is 373 Å². The van der Waals surface area contributed by atoms with Crippen LogP contribution in [-0.2, 0) is 0 Å². The SMILES string of the molecule is C/C=C\c1ccc(-c2c3cc(N4c5ccccc5C=Cc5ccccc54)ccc3c(-c3ccc4ccccc4n3)c3cc(N4c5ccccc5C=Cc5ccccc54)ccc23)nc1C. The summed E-state index contributed by atoms with van der Waals surface area (Å²) < 4.78 is 0. The molecule has 302 valence electrons. The van der Waals surface area contributed by atoms with E-state index in [0.717, 1.165) is 123 Å². The molecule has 0 N–H and O–H groups in total. The van der Waals surface area contributed by atoms with Gasteiger partial charge in [0.25, 0.3) is 0 Å². The van der Waals surface area contributed by atoms with E-state index in [9.17, 15) is 0 Å². The molecule has 0 unspecified atom stereocenters. The first-order chi connectivity index (χ1) is 31.6. The normalized spacial score (nSPS) is 12.9. The number of benzene rings is 8. The molecule has 10 aromatic rings. The topological polar surface area (TPSA) is 32.3 Å². The number of fused-ring (bicyclic) bond motifs is 7. The van der Waals surface area contributed by atoms with E-state index in [1.165, 1.54) is 0 Å². The molecule has 64 heavy (non-hydrogen) atoms. The zero-order valence-corrected chi connectivity index (χ0v) is 35.6. The molecule has 0 atom stereocenters. The average Bonchev–Trinajstić information content (AvgIpc) is 3.62. The van der Waals surface area contributed by atoms with Crippen LogP contribution in [0.1, 0.15) is 40.4 Å². The van der Waals surface area contributed by atoms with Gasteiger partial charge in [-0.15, -0.1) is 0 Å². The number of aromatic nitrogens is 2. The fourth-order valence-corrected chi connectivity index (χ4v) is 9.81. The van der Waals surface area contributed by atoms with Gasteiger partial charge in [-0.25, -0.2) is 4.98 Å². The van der Waals surface area contributed by atoms with Gasteiger partial charge in [-0.3, -0.25) is 4.98 Å². The van der Waals surface area contributed by atoms with E-state index in [-0.39, 0.29) is 0 Å². The predicted octanol–water partition coefficient (Wildman–Crippen LogP) is 16.5. The van der Waals surface area contributed by atoms with Gasteiger partial charge in [0.1, 0.15) is 0 Å². The van der Waals surface area contributed by atoms with E-state index in [4.69, 9.17) is 9.97 Å². The molecule has 0 fully saturated rings. The quantitative estimate of drug-likeness (QED) is 0.162. The summed E-state index contributed by atoms with van der Waals surface area (Å²) in [7, 11) is 0. The highest BCUT2D eigenvalue weighted by atomic mass is 15.2. The van der Waals surface area contributed by atoms with E-state index in [1.807, 2.05) is 0 Å². The molecule has 2 aliphatic heterocycles. The lowest BCUT2D eigenvalue weighted by molar-refractivity contribution is 1.20. The van der Waals surface area contributed by atoms with Crippen LogP contribution in [0.5, 0.6) is 0 Å². The summed E-state index contributed by atoms with van der Waals surface area (Å²) in [6.07, 6.45) is 13.1. The molecule has 0 amide bonds. The van der Waals surface area contributed by atoms with E-state index in [1.54, 1.807) is 0 Å². The average molecular weight is 819 g/mol. The van der Waals surface area contributed by atoms with Gasteiger partial charge in [0.05, 0.1) is 39.7 Å². The van der Waals surface area contributed by atoms with Gasteiger partial charge in [0.2, 0.25) is 0 Å².